The molecule has 2 aromatic rings. The van der Waals surface area contributed by atoms with Crippen LogP contribution in [0, 0.1) is 0 Å². The molecule has 4 heteroatoms. The van der Waals surface area contributed by atoms with Crippen molar-refractivity contribution in [1.29, 1.82) is 0 Å². The van der Waals surface area contributed by atoms with E-state index in [1.807, 2.05) is 0 Å². The first kappa shape index (κ1) is 21.7. The Balaban J connectivity index is 1.18. The predicted octanol–water partition coefficient (Wildman–Crippen LogP) is 4.33. The molecule has 1 unspecified atom stereocenters. The van der Waals surface area contributed by atoms with Crippen LogP contribution in [0.15, 0.2) is 42.5 Å². The minimum absolute atomic E-state index is 0.610. The van der Waals surface area contributed by atoms with Crippen molar-refractivity contribution in [2.24, 2.45) is 0 Å². The quantitative estimate of drug-likeness (QED) is 0.467. The summed E-state index contributed by atoms with van der Waals surface area (Å²) in [5.74, 6) is 2.29. The minimum Gasteiger partial charge on any atom is -0.493 e. The van der Waals surface area contributed by atoms with Crippen molar-refractivity contribution in [2.45, 2.75) is 44.4 Å². The summed E-state index contributed by atoms with van der Waals surface area (Å²) in [6, 6.07) is 15.0. The molecule has 2 aromatic carbocycles. The first-order valence-electron chi connectivity index (χ1n) is 11.0. The van der Waals surface area contributed by atoms with E-state index in [-0.39, 0.29) is 0 Å². The molecule has 1 atom stereocenters. The highest BCUT2D eigenvalue weighted by Crippen LogP contribution is 2.41. The zero-order valence-corrected chi connectivity index (χ0v) is 18.0. The lowest BCUT2D eigenvalue weighted by Crippen LogP contribution is -2.29. The van der Waals surface area contributed by atoms with Gasteiger partial charge in [0.1, 0.15) is 0 Å². The predicted molar refractivity (Wildman–Crippen MR) is 120 cm³/mol. The molecule has 0 amide bonds. The molecule has 0 aliphatic heterocycles. The fourth-order valence-electron chi connectivity index (χ4n) is 4.05. The van der Waals surface area contributed by atoms with E-state index >= 15 is 0 Å². The Morgan fingerprint density at radius 3 is 2.24 bits per heavy atom. The molecule has 0 bridgehead atoms. The van der Waals surface area contributed by atoms with Crippen molar-refractivity contribution in [3.63, 3.8) is 0 Å². The van der Waals surface area contributed by atoms with E-state index in [0.29, 0.717) is 5.92 Å². The third kappa shape index (κ3) is 6.48. The molecule has 0 saturated heterocycles. The Kier molecular flexibility index (Phi) is 8.84. The Hall–Kier alpha value is -2.04. The molecule has 0 aromatic heterocycles. The zero-order chi connectivity index (χ0) is 20.3. The molecular formula is C25H36N2O2. The third-order valence-electron chi connectivity index (χ3n) is 5.83. The first-order chi connectivity index (χ1) is 14.3. The molecule has 2 N–H and O–H groups in total. The first-order valence-corrected chi connectivity index (χ1v) is 11.0. The van der Waals surface area contributed by atoms with Crippen molar-refractivity contribution in [3.05, 3.63) is 59.2 Å². The van der Waals surface area contributed by atoms with Gasteiger partial charge in [0.05, 0.1) is 14.2 Å². The van der Waals surface area contributed by atoms with Gasteiger partial charge >= 0.3 is 0 Å². The molecule has 0 fully saturated rings. The third-order valence-corrected chi connectivity index (χ3v) is 5.83. The molecular weight excluding hydrogens is 360 g/mol. The molecule has 158 valence electrons. The molecule has 29 heavy (non-hydrogen) atoms. The number of methoxy groups -OCH3 is 2. The molecule has 3 rings (SSSR count). The van der Waals surface area contributed by atoms with E-state index in [2.05, 4.69) is 53.1 Å². The summed E-state index contributed by atoms with van der Waals surface area (Å²) in [6.07, 6.45) is 7.40. The van der Waals surface area contributed by atoms with Crippen LogP contribution < -0.4 is 20.1 Å². The smallest absolute Gasteiger partial charge is 0.161 e. The maximum absolute atomic E-state index is 5.43. The average Bonchev–Trinajstić information content (AvgIpc) is 2.75. The number of unbranched alkanes of at least 4 members (excludes halogenated alkanes) is 3. The summed E-state index contributed by atoms with van der Waals surface area (Å²) < 4.78 is 10.8. The highest BCUT2D eigenvalue weighted by atomic mass is 16.5. The Morgan fingerprint density at radius 2 is 1.52 bits per heavy atom. The normalized spacial score (nSPS) is 14.9. The number of benzene rings is 2. The topological polar surface area (TPSA) is 42.5 Å². The molecule has 0 heterocycles. The van der Waals surface area contributed by atoms with Gasteiger partial charge in [-0.05, 0) is 74.1 Å². The van der Waals surface area contributed by atoms with Crippen LogP contribution in [0.5, 0.6) is 11.5 Å². The largest absolute Gasteiger partial charge is 0.493 e. The van der Waals surface area contributed by atoms with Gasteiger partial charge < -0.3 is 20.1 Å². The maximum Gasteiger partial charge on any atom is 0.161 e. The molecule has 1 aliphatic rings. The van der Waals surface area contributed by atoms with Gasteiger partial charge in [-0.3, -0.25) is 0 Å². The van der Waals surface area contributed by atoms with Crippen LogP contribution in [0.25, 0.3) is 0 Å². The van der Waals surface area contributed by atoms with Gasteiger partial charge in [0.25, 0.3) is 0 Å². The monoisotopic (exact) mass is 396 g/mol. The maximum atomic E-state index is 5.43. The molecule has 0 saturated carbocycles. The van der Waals surface area contributed by atoms with Crippen LogP contribution in [0.4, 0.5) is 0 Å². The van der Waals surface area contributed by atoms with Crippen molar-refractivity contribution in [3.8, 4) is 11.5 Å². The van der Waals surface area contributed by atoms with Crippen molar-refractivity contribution < 1.29 is 9.47 Å². The van der Waals surface area contributed by atoms with Crippen LogP contribution in [0.2, 0.25) is 0 Å². The number of hydrogen-bond acceptors (Lipinski definition) is 4. The lowest BCUT2D eigenvalue weighted by atomic mass is 9.77. The van der Waals surface area contributed by atoms with Gasteiger partial charge in [-0.15, -0.1) is 0 Å². The van der Waals surface area contributed by atoms with E-state index in [4.69, 9.17) is 9.47 Å². The molecule has 1 aliphatic carbocycles. The number of fused-ring (bicyclic) bond motifs is 1. The Bertz CT molecular complexity index is 733. The van der Waals surface area contributed by atoms with Crippen molar-refractivity contribution in [2.75, 3.05) is 40.4 Å². The summed E-state index contributed by atoms with van der Waals surface area (Å²) in [6.45, 7) is 4.37. The van der Waals surface area contributed by atoms with Crippen LogP contribution in [0.3, 0.4) is 0 Å². The second kappa shape index (κ2) is 11.8. The number of rotatable bonds is 14. The number of nitrogens with one attached hydrogen (secondary N) is 2. The lowest BCUT2D eigenvalue weighted by molar-refractivity contribution is 0.351. The van der Waals surface area contributed by atoms with Crippen LogP contribution in [-0.2, 0) is 12.8 Å². The molecule has 0 spiro atoms. The van der Waals surface area contributed by atoms with Gasteiger partial charge in [0.2, 0.25) is 0 Å². The van der Waals surface area contributed by atoms with E-state index < -0.39 is 0 Å². The summed E-state index contributed by atoms with van der Waals surface area (Å²) >= 11 is 0. The van der Waals surface area contributed by atoms with Gasteiger partial charge in [-0.2, -0.15) is 0 Å². The number of hydrogen-bond donors (Lipinski definition) is 2. The standard InChI is InChI=1S/C25H36N2O2/c1-28-24-17-21-16-22(23(21)18-25(24)29-2)19-27-14-9-4-3-8-13-26-15-12-20-10-6-5-7-11-20/h5-7,10-11,17-18,22,26-27H,3-4,8-9,12-16,19H2,1-2H3. The summed E-state index contributed by atoms with van der Waals surface area (Å²) in [4.78, 5) is 0. The summed E-state index contributed by atoms with van der Waals surface area (Å²) in [5, 5.41) is 7.19. The second-order valence-corrected chi connectivity index (χ2v) is 7.91. The van der Waals surface area contributed by atoms with Crippen LogP contribution in [0.1, 0.15) is 48.3 Å². The SMILES string of the molecule is COc1cc2c(cc1OC)C(CNCCCCCCNCCc1ccccc1)C2. The highest BCUT2D eigenvalue weighted by Gasteiger charge is 2.27. The van der Waals surface area contributed by atoms with Crippen molar-refractivity contribution in [1.82, 2.24) is 10.6 Å². The van der Waals surface area contributed by atoms with Crippen molar-refractivity contribution >= 4 is 0 Å². The van der Waals surface area contributed by atoms with E-state index in [9.17, 15) is 0 Å². The second-order valence-electron chi connectivity index (χ2n) is 7.91. The zero-order valence-electron chi connectivity index (χ0n) is 18.0. The van der Waals surface area contributed by atoms with Gasteiger partial charge in [-0.25, -0.2) is 0 Å². The van der Waals surface area contributed by atoms with Gasteiger partial charge in [-0.1, -0.05) is 43.2 Å². The minimum atomic E-state index is 0.610. The molecule has 0 radical (unpaired) electrons. The Labute approximate surface area is 176 Å². The van der Waals surface area contributed by atoms with Gasteiger partial charge in [0.15, 0.2) is 11.5 Å². The molecule has 4 nitrogen and oxygen atoms in total. The van der Waals surface area contributed by atoms with E-state index in [1.165, 1.54) is 42.4 Å². The van der Waals surface area contributed by atoms with E-state index in [0.717, 1.165) is 50.5 Å². The lowest BCUT2D eigenvalue weighted by Gasteiger charge is -2.31. The fourth-order valence-corrected chi connectivity index (χ4v) is 4.05. The summed E-state index contributed by atoms with van der Waals surface area (Å²) in [7, 11) is 3.40. The Morgan fingerprint density at radius 1 is 0.828 bits per heavy atom. The fraction of sp³-hybridized carbons (Fsp3) is 0.520. The van der Waals surface area contributed by atoms with Crippen LogP contribution in [-0.4, -0.2) is 40.4 Å². The number of ether oxygens (including phenoxy) is 2. The van der Waals surface area contributed by atoms with Gasteiger partial charge in [0, 0.05) is 12.5 Å². The van der Waals surface area contributed by atoms with Crippen LogP contribution >= 0.6 is 0 Å². The average molecular weight is 397 g/mol. The van der Waals surface area contributed by atoms with E-state index in [1.54, 1.807) is 14.2 Å². The highest BCUT2D eigenvalue weighted by molar-refractivity contribution is 5.53. The summed E-state index contributed by atoms with van der Waals surface area (Å²) in [5.41, 5.74) is 4.23.